The number of carbonyl (C=O) groups excluding carboxylic acids is 2. The Bertz CT molecular complexity index is 883. The van der Waals surface area contributed by atoms with E-state index in [9.17, 15) is 19.7 Å². The lowest BCUT2D eigenvalue weighted by atomic mass is 10.0. The van der Waals surface area contributed by atoms with E-state index in [2.05, 4.69) is 5.32 Å². The van der Waals surface area contributed by atoms with Gasteiger partial charge in [-0.1, -0.05) is 24.3 Å². The fourth-order valence-corrected chi connectivity index (χ4v) is 3.15. The third-order valence-corrected chi connectivity index (χ3v) is 4.40. The van der Waals surface area contributed by atoms with Crippen molar-refractivity contribution in [1.82, 2.24) is 10.2 Å². The molecule has 1 heterocycles. The molecule has 1 aliphatic heterocycles. The molecule has 1 unspecified atom stereocenters. The first kappa shape index (κ1) is 17.4. The van der Waals surface area contributed by atoms with Crippen LogP contribution in [0, 0.1) is 10.1 Å². The Kier molecular flexibility index (Phi) is 4.57. The van der Waals surface area contributed by atoms with Gasteiger partial charge >= 0.3 is 0 Å². The highest BCUT2D eigenvalue weighted by Crippen LogP contribution is 2.38. The minimum atomic E-state index is -0.630. The lowest BCUT2D eigenvalue weighted by Gasteiger charge is -2.43. The van der Waals surface area contributed by atoms with Crippen molar-refractivity contribution < 1.29 is 14.5 Å². The van der Waals surface area contributed by atoms with E-state index in [0.717, 1.165) is 0 Å². The number of likely N-dealkylation sites (N-methyl/N-ethyl adjacent to an activating group) is 1. The summed E-state index contributed by atoms with van der Waals surface area (Å²) in [5, 5.41) is 13.7. The maximum Gasteiger partial charge on any atom is 0.269 e. The zero-order valence-corrected chi connectivity index (χ0v) is 14.4. The Morgan fingerprint density at radius 3 is 2.65 bits per heavy atom. The van der Waals surface area contributed by atoms with Gasteiger partial charge in [-0.05, 0) is 12.1 Å². The number of nitrogens with one attached hydrogen (secondary N) is 1. The highest BCUT2D eigenvalue weighted by molar-refractivity contribution is 6.02. The molecule has 0 aliphatic carbocycles. The van der Waals surface area contributed by atoms with Crippen LogP contribution in [-0.4, -0.2) is 42.3 Å². The zero-order chi connectivity index (χ0) is 18.8. The molecular weight excluding hydrogens is 336 g/mol. The predicted octanol–water partition coefficient (Wildman–Crippen LogP) is 1.93. The predicted molar refractivity (Wildman–Crippen MR) is 95.8 cm³/mol. The fraction of sp³-hybridized carbons (Fsp3) is 0.222. The number of anilines is 1. The van der Waals surface area contributed by atoms with Crippen molar-refractivity contribution >= 4 is 23.2 Å². The average molecular weight is 354 g/mol. The van der Waals surface area contributed by atoms with E-state index in [1.807, 2.05) is 0 Å². The van der Waals surface area contributed by atoms with Gasteiger partial charge in [0.2, 0.25) is 5.91 Å². The van der Waals surface area contributed by atoms with Crippen molar-refractivity contribution in [3.8, 4) is 0 Å². The van der Waals surface area contributed by atoms with Gasteiger partial charge in [0.05, 0.1) is 22.7 Å². The minimum Gasteiger partial charge on any atom is -0.358 e. The van der Waals surface area contributed by atoms with Gasteiger partial charge in [0.1, 0.15) is 6.17 Å². The lowest BCUT2D eigenvalue weighted by Crippen LogP contribution is -2.50. The largest absolute Gasteiger partial charge is 0.358 e. The van der Waals surface area contributed by atoms with Crippen LogP contribution in [0.15, 0.2) is 48.5 Å². The molecule has 0 radical (unpaired) electrons. The van der Waals surface area contributed by atoms with Crippen molar-refractivity contribution in [2.24, 2.45) is 0 Å². The lowest BCUT2D eigenvalue weighted by molar-refractivity contribution is -0.384. The number of amides is 2. The monoisotopic (exact) mass is 354 g/mol. The first-order valence-electron chi connectivity index (χ1n) is 8.02. The van der Waals surface area contributed by atoms with E-state index < -0.39 is 11.1 Å². The average Bonchev–Trinajstić information content (AvgIpc) is 2.66. The first-order valence-corrected chi connectivity index (χ1v) is 8.02. The molecule has 0 saturated heterocycles. The SMILES string of the molecule is CNC(=O)CN1c2ccccc2C(=O)N(C)C1c1cccc([N+](=O)[O-])c1. The summed E-state index contributed by atoms with van der Waals surface area (Å²) >= 11 is 0. The van der Waals surface area contributed by atoms with Gasteiger partial charge in [-0.3, -0.25) is 19.7 Å². The number of benzene rings is 2. The molecule has 2 amide bonds. The number of non-ortho nitro benzene ring substituents is 1. The van der Waals surface area contributed by atoms with E-state index >= 15 is 0 Å². The number of rotatable bonds is 4. The molecule has 1 N–H and O–H groups in total. The Morgan fingerprint density at radius 2 is 1.96 bits per heavy atom. The van der Waals surface area contributed by atoms with Gasteiger partial charge < -0.3 is 15.1 Å². The molecule has 0 bridgehead atoms. The smallest absolute Gasteiger partial charge is 0.269 e. The van der Waals surface area contributed by atoms with Gasteiger partial charge in [-0.15, -0.1) is 0 Å². The van der Waals surface area contributed by atoms with Crippen molar-refractivity contribution in [2.45, 2.75) is 6.17 Å². The highest BCUT2D eigenvalue weighted by atomic mass is 16.6. The van der Waals surface area contributed by atoms with Crippen LogP contribution in [-0.2, 0) is 4.79 Å². The van der Waals surface area contributed by atoms with Gasteiger partial charge in [0.15, 0.2) is 0 Å². The Balaban J connectivity index is 2.14. The van der Waals surface area contributed by atoms with E-state index in [4.69, 9.17) is 0 Å². The third-order valence-electron chi connectivity index (χ3n) is 4.40. The van der Waals surface area contributed by atoms with Crippen molar-refractivity contribution in [3.63, 3.8) is 0 Å². The molecule has 26 heavy (non-hydrogen) atoms. The summed E-state index contributed by atoms with van der Waals surface area (Å²) in [5.74, 6) is -0.428. The number of para-hydroxylation sites is 1. The quantitative estimate of drug-likeness (QED) is 0.669. The van der Waals surface area contributed by atoms with Crippen molar-refractivity contribution in [1.29, 1.82) is 0 Å². The second-order valence-electron chi connectivity index (χ2n) is 5.96. The molecule has 134 valence electrons. The summed E-state index contributed by atoms with van der Waals surface area (Å²) in [6, 6.07) is 13.1. The maximum absolute atomic E-state index is 12.8. The fourth-order valence-electron chi connectivity index (χ4n) is 3.15. The molecular formula is C18H18N4O4. The normalized spacial score (nSPS) is 16.2. The topological polar surface area (TPSA) is 95.8 Å². The van der Waals surface area contributed by atoms with E-state index in [1.54, 1.807) is 48.3 Å². The molecule has 1 aliphatic rings. The molecule has 2 aromatic carbocycles. The van der Waals surface area contributed by atoms with Crippen molar-refractivity contribution in [2.75, 3.05) is 25.5 Å². The van der Waals surface area contributed by atoms with Crippen molar-refractivity contribution in [3.05, 3.63) is 69.8 Å². The summed E-state index contributed by atoms with van der Waals surface area (Å²) in [4.78, 5) is 38.8. The number of nitro benzene ring substituents is 1. The van der Waals surface area contributed by atoms with Crippen LogP contribution in [0.4, 0.5) is 11.4 Å². The van der Waals surface area contributed by atoms with Crippen LogP contribution in [0.3, 0.4) is 0 Å². The van der Waals surface area contributed by atoms with E-state index in [0.29, 0.717) is 16.8 Å². The number of fused-ring (bicyclic) bond motifs is 1. The molecule has 1 atom stereocenters. The summed E-state index contributed by atoms with van der Waals surface area (Å²) in [7, 11) is 3.16. The summed E-state index contributed by atoms with van der Waals surface area (Å²) in [6.07, 6.45) is -0.630. The summed E-state index contributed by atoms with van der Waals surface area (Å²) in [5.41, 5.74) is 1.60. The second-order valence-corrected chi connectivity index (χ2v) is 5.96. The number of carbonyl (C=O) groups is 2. The highest BCUT2D eigenvalue weighted by Gasteiger charge is 2.37. The van der Waals surface area contributed by atoms with E-state index in [1.165, 1.54) is 24.1 Å². The van der Waals surface area contributed by atoms with Gasteiger partial charge in [-0.2, -0.15) is 0 Å². The summed E-state index contributed by atoms with van der Waals surface area (Å²) in [6.45, 7) is 0.0124. The zero-order valence-electron chi connectivity index (χ0n) is 14.4. The van der Waals surface area contributed by atoms with Gasteiger partial charge in [-0.25, -0.2) is 0 Å². The molecule has 0 fully saturated rings. The van der Waals surface area contributed by atoms with Gasteiger partial charge in [0, 0.05) is 31.8 Å². The van der Waals surface area contributed by atoms with Crippen LogP contribution in [0.5, 0.6) is 0 Å². The standard InChI is InChI=1S/C18H18N4O4/c1-19-16(23)11-21-15-9-4-3-8-14(15)18(24)20(2)17(21)12-6-5-7-13(10-12)22(25)26/h3-10,17H,11H2,1-2H3,(H,19,23). The Hall–Kier alpha value is -3.42. The van der Waals surface area contributed by atoms with E-state index in [-0.39, 0.29) is 24.0 Å². The molecule has 0 spiro atoms. The number of hydrogen-bond acceptors (Lipinski definition) is 5. The number of nitro groups is 1. The molecule has 2 aromatic rings. The molecule has 3 rings (SSSR count). The second kappa shape index (κ2) is 6.83. The molecule has 8 nitrogen and oxygen atoms in total. The Morgan fingerprint density at radius 1 is 1.23 bits per heavy atom. The first-order chi connectivity index (χ1) is 12.4. The van der Waals surface area contributed by atoms with Crippen LogP contribution in [0.2, 0.25) is 0 Å². The van der Waals surface area contributed by atoms with Crippen LogP contribution in [0.25, 0.3) is 0 Å². The van der Waals surface area contributed by atoms with Crippen LogP contribution >= 0.6 is 0 Å². The van der Waals surface area contributed by atoms with Crippen LogP contribution < -0.4 is 10.2 Å². The van der Waals surface area contributed by atoms with Crippen LogP contribution in [0.1, 0.15) is 22.1 Å². The molecule has 0 aromatic heterocycles. The maximum atomic E-state index is 12.8. The number of nitrogens with zero attached hydrogens (tertiary/aromatic N) is 3. The third kappa shape index (κ3) is 2.97. The summed E-state index contributed by atoms with van der Waals surface area (Å²) < 4.78 is 0. The molecule has 8 heteroatoms. The van der Waals surface area contributed by atoms with Gasteiger partial charge in [0.25, 0.3) is 11.6 Å². The number of hydrogen-bond donors (Lipinski definition) is 1. The minimum absolute atomic E-state index is 0.0124. The molecule has 0 saturated carbocycles. The Labute approximate surface area is 150 Å².